The maximum atomic E-state index is 11.8. The van der Waals surface area contributed by atoms with Gasteiger partial charge in [0.15, 0.2) is 5.78 Å². The number of carbonyl (C=O) groups is 1. The number of hydrogen-bond acceptors (Lipinski definition) is 3. The summed E-state index contributed by atoms with van der Waals surface area (Å²) < 4.78 is 5.20. The van der Waals surface area contributed by atoms with E-state index in [1.807, 2.05) is 20.9 Å². The first-order valence-electron chi connectivity index (χ1n) is 5.69. The first-order valence-corrected chi connectivity index (χ1v) is 5.69. The number of rotatable bonds is 8. The van der Waals surface area contributed by atoms with Crippen LogP contribution in [0.25, 0.3) is 0 Å². The Hall–Kier alpha value is -0.830. The van der Waals surface area contributed by atoms with Gasteiger partial charge in [-0.25, -0.2) is 0 Å². The van der Waals surface area contributed by atoms with Crippen LogP contribution in [0.1, 0.15) is 40.0 Å². The van der Waals surface area contributed by atoms with Crippen molar-refractivity contribution in [2.75, 3.05) is 13.7 Å². The van der Waals surface area contributed by atoms with Crippen LogP contribution in [0.2, 0.25) is 0 Å². The normalized spacial score (nSPS) is 13.7. The number of ketones is 1. The van der Waals surface area contributed by atoms with Gasteiger partial charge in [-0.05, 0) is 27.3 Å². The van der Waals surface area contributed by atoms with Gasteiger partial charge >= 0.3 is 0 Å². The summed E-state index contributed by atoms with van der Waals surface area (Å²) in [5.74, 6) is 0.187. The fourth-order valence-electron chi connectivity index (χ4n) is 1.22. The number of hydrogen-bond donors (Lipinski definition) is 1. The Morgan fingerprint density at radius 1 is 1.47 bits per heavy atom. The first-order chi connectivity index (χ1) is 7.17. The Bertz CT molecular complexity index is 212. The zero-order chi connectivity index (χ0) is 11.7. The number of Topliss-reactive ketones (excluding diaryl/α,β-unsaturated/α-hetero) is 1. The second-order valence-electron chi connectivity index (χ2n) is 3.57. The lowest BCUT2D eigenvalue weighted by Gasteiger charge is -2.13. The van der Waals surface area contributed by atoms with E-state index >= 15 is 0 Å². The van der Waals surface area contributed by atoms with Crippen LogP contribution in [0.5, 0.6) is 0 Å². The number of nitrogens with one attached hydrogen (secondary N) is 1. The van der Waals surface area contributed by atoms with Crippen molar-refractivity contribution in [2.45, 2.75) is 46.1 Å². The van der Waals surface area contributed by atoms with Gasteiger partial charge < -0.3 is 10.1 Å². The zero-order valence-electron chi connectivity index (χ0n) is 10.3. The highest BCUT2D eigenvalue weighted by molar-refractivity contribution is 5.96. The van der Waals surface area contributed by atoms with Crippen LogP contribution < -0.4 is 5.32 Å². The van der Waals surface area contributed by atoms with E-state index in [-0.39, 0.29) is 11.8 Å². The van der Waals surface area contributed by atoms with Gasteiger partial charge in [0.05, 0.1) is 12.9 Å². The van der Waals surface area contributed by atoms with Crippen molar-refractivity contribution in [1.82, 2.24) is 5.32 Å². The van der Waals surface area contributed by atoms with E-state index in [0.717, 1.165) is 18.4 Å². The van der Waals surface area contributed by atoms with Crippen molar-refractivity contribution >= 4 is 5.78 Å². The maximum Gasteiger partial charge on any atom is 0.163 e. The molecule has 1 N–H and O–H groups in total. The molecule has 0 bridgehead atoms. The van der Waals surface area contributed by atoms with Gasteiger partial charge in [0.2, 0.25) is 0 Å². The highest BCUT2D eigenvalue weighted by Gasteiger charge is 2.15. The third-order valence-corrected chi connectivity index (χ3v) is 2.36. The number of carbonyl (C=O) groups excluding carboxylic acids is 1. The lowest BCUT2D eigenvalue weighted by Crippen LogP contribution is -2.28. The molecule has 0 fully saturated rings. The molecular weight excluding hydrogens is 190 g/mol. The van der Waals surface area contributed by atoms with E-state index in [2.05, 4.69) is 12.2 Å². The van der Waals surface area contributed by atoms with Crippen LogP contribution in [-0.2, 0) is 9.53 Å². The van der Waals surface area contributed by atoms with Crippen LogP contribution in [0.4, 0.5) is 0 Å². The van der Waals surface area contributed by atoms with E-state index in [4.69, 9.17) is 4.74 Å². The molecule has 0 saturated carbocycles. The Morgan fingerprint density at radius 3 is 2.60 bits per heavy atom. The minimum absolute atomic E-state index is 0.0564. The second-order valence-corrected chi connectivity index (χ2v) is 3.57. The average Bonchev–Trinajstić information content (AvgIpc) is 2.26. The molecule has 0 aliphatic carbocycles. The molecule has 1 atom stereocenters. The molecule has 15 heavy (non-hydrogen) atoms. The predicted octanol–water partition coefficient (Wildman–Crippen LogP) is 2.27. The van der Waals surface area contributed by atoms with Gasteiger partial charge in [-0.1, -0.05) is 13.3 Å². The summed E-state index contributed by atoms with van der Waals surface area (Å²) in [5, 5.41) is 3.06. The van der Waals surface area contributed by atoms with Gasteiger partial charge in [0.25, 0.3) is 0 Å². The van der Waals surface area contributed by atoms with Crippen molar-refractivity contribution < 1.29 is 9.53 Å². The molecule has 3 nitrogen and oxygen atoms in total. The summed E-state index contributed by atoms with van der Waals surface area (Å²) in [7, 11) is 1.84. The summed E-state index contributed by atoms with van der Waals surface area (Å²) in [4.78, 5) is 11.8. The van der Waals surface area contributed by atoms with E-state index in [0.29, 0.717) is 13.0 Å². The molecule has 0 heterocycles. The summed E-state index contributed by atoms with van der Waals surface area (Å²) in [6.45, 7) is 6.56. The minimum Gasteiger partial charge on any atom is -0.501 e. The Labute approximate surface area is 92.9 Å². The molecule has 0 aromatic rings. The van der Waals surface area contributed by atoms with Crippen molar-refractivity contribution in [3.05, 3.63) is 11.8 Å². The second kappa shape index (κ2) is 8.48. The Kier molecular flexibility index (Phi) is 8.01. The Balaban J connectivity index is 4.41. The molecule has 0 rings (SSSR count). The molecule has 0 amide bonds. The van der Waals surface area contributed by atoms with E-state index in [9.17, 15) is 4.79 Å². The largest absolute Gasteiger partial charge is 0.501 e. The average molecular weight is 213 g/mol. The van der Waals surface area contributed by atoms with Gasteiger partial charge in [0.1, 0.15) is 0 Å². The summed E-state index contributed by atoms with van der Waals surface area (Å²) in [5.41, 5.74) is 0.743. The fourth-order valence-corrected chi connectivity index (χ4v) is 1.22. The lowest BCUT2D eigenvalue weighted by molar-refractivity contribution is -0.116. The standard InChI is InChI=1S/C12H23NO2/c1-5-7-8-12(14)11(9-15-6-2)10(3)13-4/h9-10,13H,5-8H2,1-4H3/b11-9-. The molecular formula is C12H23NO2. The number of unbranched alkanes of at least 4 members (excludes halogenated alkanes) is 1. The first kappa shape index (κ1) is 14.2. The van der Waals surface area contributed by atoms with E-state index < -0.39 is 0 Å². The van der Waals surface area contributed by atoms with Gasteiger partial charge in [-0.2, -0.15) is 0 Å². The third kappa shape index (κ3) is 5.57. The molecule has 0 aromatic carbocycles. The van der Waals surface area contributed by atoms with Crippen molar-refractivity contribution in [1.29, 1.82) is 0 Å². The molecule has 3 heteroatoms. The van der Waals surface area contributed by atoms with Gasteiger partial charge in [-0.15, -0.1) is 0 Å². The maximum absolute atomic E-state index is 11.8. The highest BCUT2D eigenvalue weighted by Crippen LogP contribution is 2.09. The zero-order valence-corrected chi connectivity index (χ0v) is 10.3. The number of likely N-dealkylation sites (N-methyl/N-ethyl adjacent to an activating group) is 1. The summed E-state index contributed by atoms with van der Waals surface area (Å²) in [6, 6.07) is 0.0564. The molecule has 88 valence electrons. The van der Waals surface area contributed by atoms with Crippen LogP contribution >= 0.6 is 0 Å². The number of ether oxygens (including phenoxy) is 1. The fraction of sp³-hybridized carbons (Fsp3) is 0.750. The molecule has 1 unspecified atom stereocenters. The molecule has 0 radical (unpaired) electrons. The molecule has 0 aliphatic rings. The monoisotopic (exact) mass is 213 g/mol. The van der Waals surface area contributed by atoms with Crippen LogP contribution in [-0.4, -0.2) is 25.5 Å². The van der Waals surface area contributed by atoms with Crippen LogP contribution in [0, 0.1) is 0 Å². The molecule has 0 saturated heterocycles. The minimum atomic E-state index is 0.0564. The summed E-state index contributed by atoms with van der Waals surface area (Å²) >= 11 is 0. The Morgan fingerprint density at radius 2 is 2.13 bits per heavy atom. The van der Waals surface area contributed by atoms with Crippen LogP contribution in [0.15, 0.2) is 11.8 Å². The van der Waals surface area contributed by atoms with E-state index in [1.54, 1.807) is 6.26 Å². The SMILES string of the molecule is CCCCC(=O)/C(=C\OCC)C(C)NC. The molecule has 0 aromatic heterocycles. The molecule has 0 spiro atoms. The van der Waals surface area contributed by atoms with Gasteiger partial charge in [0, 0.05) is 18.0 Å². The smallest absolute Gasteiger partial charge is 0.163 e. The lowest BCUT2D eigenvalue weighted by atomic mass is 10.0. The van der Waals surface area contributed by atoms with Crippen molar-refractivity contribution in [2.24, 2.45) is 0 Å². The summed E-state index contributed by atoms with van der Waals surface area (Å²) in [6.07, 6.45) is 4.20. The van der Waals surface area contributed by atoms with Gasteiger partial charge in [-0.3, -0.25) is 4.79 Å². The topological polar surface area (TPSA) is 38.3 Å². The predicted molar refractivity (Wildman–Crippen MR) is 62.8 cm³/mol. The highest BCUT2D eigenvalue weighted by atomic mass is 16.5. The quantitative estimate of drug-likeness (QED) is 0.496. The van der Waals surface area contributed by atoms with E-state index in [1.165, 1.54) is 0 Å². The van der Waals surface area contributed by atoms with Crippen LogP contribution in [0.3, 0.4) is 0 Å². The van der Waals surface area contributed by atoms with Crippen molar-refractivity contribution in [3.63, 3.8) is 0 Å². The van der Waals surface area contributed by atoms with Crippen molar-refractivity contribution in [3.8, 4) is 0 Å². The molecule has 0 aliphatic heterocycles. The third-order valence-electron chi connectivity index (χ3n) is 2.36.